The van der Waals surface area contributed by atoms with Gasteiger partial charge in [0.15, 0.2) is 0 Å². The maximum Gasteiger partial charge on any atom is 0.0552 e. The fourth-order valence-corrected chi connectivity index (χ4v) is 3.49. The molecule has 0 aliphatic carbocycles. The number of rotatable bonds is 2. The average Bonchev–Trinajstić information content (AvgIpc) is 2.84. The summed E-state index contributed by atoms with van der Waals surface area (Å²) >= 11 is 0. The maximum absolute atomic E-state index is 4.22. The van der Waals surface area contributed by atoms with Crippen LogP contribution in [-0.2, 0) is 0 Å². The van der Waals surface area contributed by atoms with E-state index in [0.29, 0.717) is 5.41 Å². The van der Waals surface area contributed by atoms with Gasteiger partial charge in [-0.05, 0) is 49.9 Å². The van der Waals surface area contributed by atoms with Gasteiger partial charge in [0.1, 0.15) is 0 Å². The number of nitrogens with zero attached hydrogens (tertiary/aromatic N) is 3. The van der Waals surface area contributed by atoms with Gasteiger partial charge in [0.25, 0.3) is 0 Å². The molecule has 18 heavy (non-hydrogen) atoms. The van der Waals surface area contributed by atoms with Gasteiger partial charge in [0.2, 0.25) is 0 Å². The zero-order valence-corrected chi connectivity index (χ0v) is 11.3. The number of pyridine rings is 1. The molecule has 98 valence electrons. The zero-order chi connectivity index (χ0) is 12.4. The highest BCUT2D eigenvalue weighted by atomic mass is 15.2. The Morgan fingerprint density at radius 1 is 1.22 bits per heavy atom. The van der Waals surface area contributed by atoms with E-state index in [2.05, 4.69) is 27.8 Å². The molecule has 2 aliphatic heterocycles. The first-order valence-electron chi connectivity index (χ1n) is 7.19. The molecular formula is C15H23N3. The maximum atomic E-state index is 4.22. The molecule has 0 atom stereocenters. The van der Waals surface area contributed by atoms with Crippen LogP contribution in [0.3, 0.4) is 0 Å². The molecule has 3 heterocycles. The van der Waals surface area contributed by atoms with Crippen molar-refractivity contribution in [2.75, 3.05) is 37.6 Å². The minimum atomic E-state index is 0.620. The SMILES string of the molecule is CCN1CCC2(CCN(c3cccnc3)CC2)C1. The van der Waals surface area contributed by atoms with Crippen molar-refractivity contribution < 1.29 is 0 Å². The van der Waals surface area contributed by atoms with E-state index in [1.54, 1.807) is 0 Å². The highest BCUT2D eigenvalue weighted by molar-refractivity contribution is 5.44. The summed E-state index contributed by atoms with van der Waals surface area (Å²) in [6, 6.07) is 4.21. The minimum absolute atomic E-state index is 0.620. The Kier molecular flexibility index (Phi) is 3.25. The molecule has 2 fully saturated rings. The van der Waals surface area contributed by atoms with Crippen LogP contribution in [0.2, 0.25) is 0 Å². The van der Waals surface area contributed by atoms with Crippen molar-refractivity contribution in [3.05, 3.63) is 24.5 Å². The Morgan fingerprint density at radius 2 is 2.00 bits per heavy atom. The molecule has 3 nitrogen and oxygen atoms in total. The Labute approximate surface area is 110 Å². The first kappa shape index (κ1) is 12.0. The summed E-state index contributed by atoms with van der Waals surface area (Å²) in [5.41, 5.74) is 1.91. The zero-order valence-electron chi connectivity index (χ0n) is 11.3. The van der Waals surface area contributed by atoms with Crippen molar-refractivity contribution in [1.29, 1.82) is 0 Å². The minimum Gasteiger partial charge on any atom is -0.370 e. The molecule has 0 radical (unpaired) electrons. The van der Waals surface area contributed by atoms with Gasteiger partial charge in [-0.1, -0.05) is 6.92 Å². The molecule has 1 aromatic rings. The molecule has 0 saturated carbocycles. The lowest BCUT2D eigenvalue weighted by Crippen LogP contribution is -2.41. The topological polar surface area (TPSA) is 19.4 Å². The van der Waals surface area contributed by atoms with Crippen LogP contribution in [-0.4, -0.2) is 42.6 Å². The number of piperidine rings is 1. The van der Waals surface area contributed by atoms with E-state index in [1.165, 1.54) is 57.7 Å². The van der Waals surface area contributed by atoms with Crippen LogP contribution in [0.5, 0.6) is 0 Å². The summed E-state index contributed by atoms with van der Waals surface area (Å²) in [5.74, 6) is 0. The van der Waals surface area contributed by atoms with Crippen molar-refractivity contribution in [3.63, 3.8) is 0 Å². The van der Waals surface area contributed by atoms with Crippen molar-refractivity contribution in [1.82, 2.24) is 9.88 Å². The van der Waals surface area contributed by atoms with E-state index in [9.17, 15) is 0 Å². The van der Waals surface area contributed by atoms with E-state index in [0.717, 1.165) is 0 Å². The Bertz CT molecular complexity index is 382. The molecule has 0 unspecified atom stereocenters. The number of hydrogen-bond donors (Lipinski definition) is 0. The second kappa shape index (κ2) is 4.88. The Hall–Kier alpha value is -1.09. The summed E-state index contributed by atoms with van der Waals surface area (Å²) < 4.78 is 0. The van der Waals surface area contributed by atoms with Crippen LogP contribution in [0.25, 0.3) is 0 Å². The second-order valence-corrected chi connectivity index (χ2v) is 5.82. The lowest BCUT2D eigenvalue weighted by molar-refractivity contribution is 0.213. The van der Waals surface area contributed by atoms with Crippen LogP contribution >= 0.6 is 0 Å². The Morgan fingerprint density at radius 3 is 2.61 bits per heavy atom. The van der Waals surface area contributed by atoms with E-state index >= 15 is 0 Å². The number of anilines is 1. The quantitative estimate of drug-likeness (QED) is 0.797. The van der Waals surface area contributed by atoms with Crippen molar-refractivity contribution >= 4 is 5.69 Å². The van der Waals surface area contributed by atoms with E-state index in [4.69, 9.17) is 0 Å². The highest BCUT2D eigenvalue weighted by Gasteiger charge is 2.39. The molecule has 2 saturated heterocycles. The van der Waals surface area contributed by atoms with Gasteiger partial charge < -0.3 is 9.80 Å². The third kappa shape index (κ3) is 2.24. The van der Waals surface area contributed by atoms with E-state index in [-0.39, 0.29) is 0 Å². The van der Waals surface area contributed by atoms with Gasteiger partial charge in [0.05, 0.1) is 11.9 Å². The van der Waals surface area contributed by atoms with Gasteiger partial charge >= 0.3 is 0 Å². The molecule has 0 bridgehead atoms. The fraction of sp³-hybridized carbons (Fsp3) is 0.667. The predicted octanol–water partition coefficient (Wildman–Crippen LogP) is 2.39. The molecule has 0 aromatic carbocycles. The summed E-state index contributed by atoms with van der Waals surface area (Å²) in [5, 5.41) is 0. The van der Waals surface area contributed by atoms with Crippen molar-refractivity contribution in [3.8, 4) is 0 Å². The number of aromatic nitrogens is 1. The monoisotopic (exact) mass is 245 g/mol. The van der Waals surface area contributed by atoms with Crippen molar-refractivity contribution in [2.45, 2.75) is 26.2 Å². The number of likely N-dealkylation sites (tertiary alicyclic amines) is 1. The Balaban J connectivity index is 1.62. The molecular weight excluding hydrogens is 222 g/mol. The van der Waals surface area contributed by atoms with Gasteiger partial charge in [0, 0.05) is 25.8 Å². The van der Waals surface area contributed by atoms with Gasteiger partial charge in [-0.2, -0.15) is 0 Å². The largest absolute Gasteiger partial charge is 0.370 e. The average molecular weight is 245 g/mol. The second-order valence-electron chi connectivity index (χ2n) is 5.82. The summed E-state index contributed by atoms with van der Waals surface area (Å²) in [7, 11) is 0. The smallest absolute Gasteiger partial charge is 0.0552 e. The van der Waals surface area contributed by atoms with Crippen LogP contribution in [0, 0.1) is 5.41 Å². The molecule has 0 amide bonds. The van der Waals surface area contributed by atoms with E-state index in [1.807, 2.05) is 18.5 Å². The van der Waals surface area contributed by atoms with Gasteiger partial charge in [-0.15, -0.1) is 0 Å². The van der Waals surface area contributed by atoms with Crippen LogP contribution in [0.4, 0.5) is 5.69 Å². The predicted molar refractivity (Wildman–Crippen MR) is 74.8 cm³/mol. The fourth-order valence-electron chi connectivity index (χ4n) is 3.49. The van der Waals surface area contributed by atoms with Crippen LogP contribution in [0.15, 0.2) is 24.5 Å². The van der Waals surface area contributed by atoms with Crippen molar-refractivity contribution in [2.24, 2.45) is 5.41 Å². The first-order valence-corrected chi connectivity index (χ1v) is 7.19. The molecule has 0 N–H and O–H groups in total. The third-order valence-corrected chi connectivity index (χ3v) is 4.80. The summed E-state index contributed by atoms with van der Waals surface area (Å²) in [6.07, 6.45) is 7.94. The standard InChI is InChI=1S/C15H23N3/c1-2-17-9-5-15(13-17)6-10-18(11-7-15)14-4-3-8-16-12-14/h3-4,8,12H,2,5-7,9-11,13H2,1H3. The summed E-state index contributed by atoms with van der Waals surface area (Å²) in [6.45, 7) is 8.53. The van der Waals surface area contributed by atoms with Crippen LogP contribution < -0.4 is 4.90 Å². The number of hydrogen-bond acceptors (Lipinski definition) is 3. The first-order chi connectivity index (χ1) is 8.81. The lowest BCUT2D eigenvalue weighted by Gasteiger charge is -2.40. The van der Waals surface area contributed by atoms with Gasteiger partial charge in [-0.3, -0.25) is 4.98 Å². The van der Waals surface area contributed by atoms with Gasteiger partial charge in [-0.25, -0.2) is 0 Å². The molecule has 1 aromatic heterocycles. The van der Waals surface area contributed by atoms with E-state index < -0.39 is 0 Å². The normalized spacial score (nSPS) is 23.7. The summed E-state index contributed by atoms with van der Waals surface area (Å²) in [4.78, 5) is 9.33. The molecule has 3 rings (SSSR count). The third-order valence-electron chi connectivity index (χ3n) is 4.80. The van der Waals surface area contributed by atoms with Crippen LogP contribution in [0.1, 0.15) is 26.2 Å². The molecule has 1 spiro atoms. The molecule has 2 aliphatic rings. The molecule has 3 heteroatoms. The lowest BCUT2D eigenvalue weighted by atomic mass is 9.77. The highest BCUT2D eigenvalue weighted by Crippen LogP contribution is 2.40.